The fourth-order valence-corrected chi connectivity index (χ4v) is 1.71. The molecule has 1 aromatic rings. The first-order valence-electron chi connectivity index (χ1n) is 4.00. The number of nitrogens with zero attached hydrogens (tertiary/aromatic N) is 1. The lowest BCUT2D eigenvalue weighted by Crippen LogP contribution is -1.98. The standard InChI is InChI=1S/C9H10Cl3N/c1-5(2)3-6-8(11)7(10)4-13-9(6)12/h4-5H,3H2,1-2H3. The summed E-state index contributed by atoms with van der Waals surface area (Å²) in [4.78, 5) is 3.94. The normalized spacial score (nSPS) is 10.9. The number of rotatable bonds is 2. The third-order valence-corrected chi connectivity index (χ3v) is 2.77. The Balaban J connectivity index is 3.10. The topological polar surface area (TPSA) is 12.9 Å². The van der Waals surface area contributed by atoms with Gasteiger partial charge in [0.2, 0.25) is 0 Å². The molecule has 0 bridgehead atoms. The summed E-state index contributed by atoms with van der Waals surface area (Å²) in [6.45, 7) is 4.18. The van der Waals surface area contributed by atoms with E-state index in [9.17, 15) is 0 Å². The van der Waals surface area contributed by atoms with Crippen LogP contribution in [0.15, 0.2) is 6.20 Å². The van der Waals surface area contributed by atoms with Crippen molar-refractivity contribution in [3.8, 4) is 0 Å². The first-order valence-corrected chi connectivity index (χ1v) is 5.14. The highest BCUT2D eigenvalue weighted by molar-refractivity contribution is 6.43. The lowest BCUT2D eigenvalue weighted by Gasteiger charge is -2.09. The van der Waals surface area contributed by atoms with Crippen LogP contribution in [0.3, 0.4) is 0 Å². The Morgan fingerprint density at radius 2 is 1.92 bits per heavy atom. The van der Waals surface area contributed by atoms with Crippen molar-refractivity contribution in [1.29, 1.82) is 0 Å². The molecule has 0 amide bonds. The lowest BCUT2D eigenvalue weighted by molar-refractivity contribution is 0.646. The lowest BCUT2D eigenvalue weighted by atomic mass is 10.1. The molecule has 1 nitrogen and oxygen atoms in total. The second kappa shape index (κ2) is 4.50. The average molecular weight is 239 g/mol. The van der Waals surface area contributed by atoms with Crippen molar-refractivity contribution < 1.29 is 0 Å². The molecule has 0 spiro atoms. The van der Waals surface area contributed by atoms with Crippen LogP contribution < -0.4 is 0 Å². The van der Waals surface area contributed by atoms with Gasteiger partial charge in [-0.05, 0) is 12.3 Å². The minimum atomic E-state index is 0.447. The van der Waals surface area contributed by atoms with Gasteiger partial charge in [-0.2, -0.15) is 0 Å². The van der Waals surface area contributed by atoms with E-state index in [1.807, 2.05) is 0 Å². The molecule has 0 fully saturated rings. The molecule has 1 aromatic heterocycles. The molecule has 0 radical (unpaired) electrons. The Kier molecular flexibility index (Phi) is 3.84. The van der Waals surface area contributed by atoms with E-state index in [-0.39, 0.29) is 0 Å². The van der Waals surface area contributed by atoms with E-state index in [1.165, 1.54) is 6.20 Å². The van der Waals surface area contributed by atoms with Crippen molar-refractivity contribution in [3.05, 3.63) is 27.0 Å². The summed E-state index contributed by atoms with van der Waals surface area (Å²) >= 11 is 17.7. The Labute approximate surface area is 93.0 Å². The predicted octanol–water partition coefficient (Wildman–Crippen LogP) is 4.24. The van der Waals surface area contributed by atoms with Gasteiger partial charge < -0.3 is 0 Å². The van der Waals surface area contributed by atoms with Gasteiger partial charge in [0.05, 0.1) is 10.0 Å². The van der Waals surface area contributed by atoms with Crippen LogP contribution in [-0.2, 0) is 6.42 Å². The first kappa shape index (κ1) is 11.1. The van der Waals surface area contributed by atoms with Gasteiger partial charge in [-0.1, -0.05) is 48.7 Å². The van der Waals surface area contributed by atoms with Crippen LogP contribution in [-0.4, -0.2) is 4.98 Å². The van der Waals surface area contributed by atoms with Gasteiger partial charge in [0.1, 0.15) is 5.15 Å². The Morgan fingerprint density at radius 1 is 1.31 bits per heavy atom. The minimum absolute atomic E-state index is 0.447. The van der Waals surface area contributed by atoms with Crippen LogP contribution in [0.5, 0.6) is 0 Å². The van der Waals surface area contributed by atoms with Crippen molar-refractivity contribution in [2.24, 2.45) is 5.92 Å². The van der Waals surface area contributed by atoms with E-state index >= 15 is 0 Å². The second-order valence-electron chi connectivity index (χ2n) is 3.29. The van der Waals surface area contributed by atoms with Gasteiger partial charge in [-0.25, -0.2) is 4.98 Å². The minimum Gasteiger partial charge on any atom is -0.243 e. The Hall–Kier alpha value is 0.0200. The predicted molar refractivity (Wildman–Crippen MR) is 57.8 cm³/mol. The zero-order valence-corrected chi connectivity index (χ0v) is 9.71. The number of aromatic nitrogens is 1. The highest BCUT2D eigenvalue weighted by atomic mass is 35.5. The summed E-state index contributed by atoms with van der Waals surface area (Å²) in [7, 11) is 0. The zero-order chi connectivity index (χ0) is 10.0. The van der Waals surface area contributed by atoms with Gasteiger partial charge in [-0.15, -0.1) is 0 Å². The number of pyridine rings is 1. The van der Waals surface area contributed by atoms with E-state index in [1.54, 1.807) is 0 Å². The molecule has 0 aliphatic rings. The SMILES string of the molecule is CC(C)Cc1c(Cl)ncc(Cl)c1Cl. The van der Waals surface area contributed by atoms with E-state index in [2.05, 4.69) is 18.8 Å². The Bertz CT molecular complexity index is 310. The maximum Gasteiger partial charge on any atom is 0.133 e. The average Bonchev–Trinajstić information content (AvgIpc) is 2.05. The molecule has 0 aromatic carbocycles. The molecule has 0 saturated heterocycles. The highest BCUT2D eigenvalue weighted by Gasteiger charge is 2.11. The van der Waals surface area contributed by atoms with E-state index in [4.69, 9.17) is 34.8 Å². The maximum absolute atomic E-state index is 5.99. The van der Waals surface area contributed by atoms with Crippen molar-refractivity contribution in [1.82, 2.24) is 4.98 Å². The van der Waals surface area contributed by atoms with Crippen LogP contribution in [0, 0.1) is 5.92 Å². The fourth-order valence-electron chi connectivity index (χ4n) is 1.06. The largest absolute Gasteiger partial charge is 0.243 e. The molecule has 0 saturated carbocycles. The number of halogens is 3. The summed E-state index contributed by atoms with van der Waals surface area (Å²) in [5.74, 6) is 0.482. The van der Waals surface area contributed by atoms with E-state index in [0.717, 1.165) is 12.0 Å². The van der Waals surface area contributed by atoms with Crippen molar-refractivity contribution in [3.63, 3.8) is 0 Å². The molecule has 0 aliphatic heterocycles. The molecule has 0 unspecified atom stereocenters. The van der Waals surface area contributed by atoms with E-state index in [0.29, 0.717) is 21.1 Å². The quantitative estimate of drug-likeness (QED) is 0.702. The third-order valence-electron chi connectivity index (χ3n) is 1.63. The fraction of sp³-hybridized carbons (Fsp3) is 0.444. The van der Waals surface area contributed by atoms with Crippen LogP contribution in [0.4, 0.5) is 0 Å². The van der Waals surface area contributed by atoms with Crippen molar-refractivity contribution in [2.75, 3.05) is 0 Å². The van der Waals surface area contributed by atoms with Gasteiger partial charge in [-0.3, -0.25) is 0 Å². The van der Waals surface area contributed by atoms with Gasteiger partial charge in [0.25, 0.3) is 0 Å². The smallest absolute Gasteiger partial charge is 0.133 e. The molecule has 0 atom stereocenters. The van der Waals surface area contributed by atoms with Crippen LogP contribution in [0.25, 0.3) is 0 Å². The summed E-state index contributed by atoms with van der Waals surface area (Å²) in [6, 6.07) is 0. The van der Waals surface area contributed by atoms with Crippen molar-refractivity contribution >= 4 is 34.8 Å². The molecule has 4 heteroatoms. The molecular formula is C9H10Cl3N. The monoisotopic (exact) mass is 237 g/mol. The molecule has 1 heterocycles. The summed E-state index contributed by atoms with van der Waals surface area (Å²) in [5, 5.41) is 1.43. The third kappa shape index (κ3) is 2.73. The van der Waals surface area contributed by atoms with Crippen LogP contribution >= 0.6 is 34.8 Å². The number of hydrogen-bond acceptors (Lipinski definition) is 1. The second-order valence-corrected chi connectivity index (χ2v) is 4.43. The van der Waals surface area contributed by atoms with Crippen LogP contribution in [0.1, 0.15) is 19.4 Å². The van der Waals surface area contributed by atoms with Crippen molar-refractivity contribution in [2.45, 2.75) is 20.3 Å². The highest BCUT2D eigenvalue weighted by Crippen LogP contribution is 2.31. The van der Waals surface area contributed by atoms with E-state index < -0.39 is 0 Å². The molecule has 72 valence electrons. The molecule has 0 N–H and O–H groups in total. The summed E-state index contributed by atoms with van der Waals surface area (Å²) in [5.41, 5.74) is 0.839. The molecular weight excluding hydrogens is 228 g/mol. The summed E-state index contributed by atoms with van der Waals surface area (Å²) in [6.07, 6.45) is 2.27. The maximum atomic E-state index is 5.99. The zero-order valence-electron chi connectivity index (χ0n) is 7.44. The van der Waals surface area contributed by atoms with Gasteiger partial charge in [0, 0.05) is 11.8 Å². The Morgan fingerprint density at radius 3 is 2.46 bits per heavy atom. The van der Waals surface area contributed by atoms with Crippen LogP contribution in [0.2, 0.25) is 15.2 Å². The molecule has 0 aliphatic carbocycles. The molecule has 1 rings (SSSR count). The van der Waals surface area contributed by atoms with Gasteiger partial charge in [0.15, 0.2) is 0 Å². The first-order chi connectivity index (χ1) is 6.02. The van der Waals surface area contributed by atoms with Gasteiger partial charge >= 0.3 is 0 Å². The number of hydrogen-bond donors (Lipinski definition) is 0. The summed E-state index contributed by atoms with van der Waals surface area (Å²) < 4.78 is 0. The molecule has 13 heavy (non-hydrogen) atoms.